The van der Waals surface area contributed by atoms with E-state index in [1.165, 1.54) is 0 Å². The van der Waals surface area contributed by atoms with Crippen molar-refractivity contribution in [3.05, 3.63) is 11.6 Å². The van der Waals surface area contributed by atoms with Crippen molar-refractivity contribution in [3.63, 3.8) is 0 Å². The summed E-state index contributed by atoms with van der Waals surface area (Å²) in [6.45, 7) is 8.49. The van der Waals surface area contributed by atoms with Gasteiger partial charge in [0, 0.05) is 37.8 Å². The highest BCUT2D eigenvalue weighted by atomic mass is 32.1. The molecule has 0 bridgehead atoms. The van der Waals surface area contributed by atoms with Crippen LogP contribution in [0.1, 0.15) is 20.8 Å². The van der Waals surface area contributed by atoms with Gasteiger partial charge in [0.15, 0.2) is 5.13 Å². The Labute approximate surface area is 117 Å². The van der Waals surface area contributed by atoms with Crippen LogP contribution in [0.4, 0.5) is 9.93 Å². The molecule has 0 saturated carbocycles. The Kier molecular flexibility index (Phi) is 4.26. The number of piperazine rings is 1. The average Bonchev–Trinajstić information content (AvgIpc) is 2.80. The minimum atomic E-state index is -0.437. The van der Waals surface area contributed by atoms with Crippen molar-refractivity contribution in [1.29, 1.82) is 0 Å². The molecule has 1 aliphatic rings. The molecule has 1 amide bonds. The molecule has 2 rings (SSSR count). The van der Waals surface area contributed by atoms with Crippen LogP contribution in [-0.4, -0.2) is 52.8 Å². The smallest absolute Gasteiger partial charge is 0.410 e. The van der Waals surface area contributed by atoms with E-state index in [1.54, 1.807) is 22.4 Å². The molecule has 7 heteroatoms. The first kappa shape index (κ1) is 14.1. The predicted molar refractivity (Wildman–Crippen MR) is 75.1 cm³/mol. The molecule has 106 valence electrons. The van der Waals surface area contributed by atoms with Crippen LogP contribution in [0, 0.1) is 0 Å². The van der Waals surface area contributed by atoms with Crippen LogP contribution in [-0.2, 0) is 4.74 Å². The first-order valence-corrected chi connectivity index (χ1v) is 7.21. The number of carbonyl (C=O) groups excluding carboxylic acids is 1. The van der Waals surface area contributed by atoms with Crippen molar-refractivity contribution in [1.82, 2.24) is 14.9 Å². The summed E-state index contributed by atoms with van der Waals surface area (Å²) < 4.78 is 5.36. The monoisotopic (exact) mass is 284 g/mol. The van der Waals surface area contributed by atoms with Gasteiger partial charge in [0.25, 0.3) is 0 Å². The molecule has 6 nitrogen and oxygen atoms in total. The van der Waals surface area contributed by atoms with Crippen LogP contribution in [0.25, 0.3) is 0 Å². The third kappa shape index (κ3) is 4.36. The van der Waals surface area contributed by atoms with E-state index < -0.39 is 5.60 Å². The van der Waals surface area contributed by atoms with Crippen LogP contribution in [0.15, 0.2) is 11.6 Å². The maximum atomic E-state index is 11.9. The SMILES string of the molecule is CC(C)(C)OC(=O)N1CCN(Nc2nccs2)CC1. The zero-order chi connectivity index (χ0) is 13.9. The van der Waals surface area contributed by atoms with E-state index >= 15 is 0 Å². The second kappa shape index (κ2) is 5.75. The van der Waals surface area contributed by atoms with Gasteiger partial charge < -0.3 is 9.64 Å². The topological polar surface area (TPSA) is 57.7 Å². The molecule has 0 aromatic carbocycles. The highest BCUT2D eigenvalue weighted by molar-refractivity contribution is 7.13. The Hall–Kier alpha value is -1.34. The van der Waals surface area contributed by atoms with Gasteiger partial charge in [0.2, 0.25) is 0 Å². The number of ether oxygens (including phenoxy) is 1. The summed E-state index contributed by atoms with van der Waals surface area (Å²) in [7, 11) is 0. The Morgan fingerprint density at radius 1 is 1.37 bits per heavy atom. The van der Waals surface area contributed by atoms with Crippen molar-refractivity contribution in [2.75, 3.05) is 31.6 Å². The van der Waals surface area contributed by atoms with E-state index in [2.05, 4.69) is 15.4 Å². The largest absolute Gasteiger partial charge is 0.444 e. The summed E-state index contributed by atoms with van der Waals surface area (Å²) >= 11 is 1.56. The summed E-state index contributed by atoms with van der Waals surface area (Å²) in [4.78, 5) is 17.8. The zero-order valence-electron chi connectivity index (χ0n) is 11.5. The van der Waals surface area contributed by atoms with Gasteiger partial charge in [-0.1, -0.05) is 0 Å². The molecule has 1 N–H and O–H groups in total. The van der Waals surface area contributed by atoms with Gasteiger partial charge in [0.1, 0.15) is 5.60 Å². The van der Waals surface area contributed by atoms with E-state index in [0.29, 0.717) is 13.1 Å². The molecule has 0 radical (unpaired) electrons. The standard InChI is InChI=1S/C12H20N4O2S/c1-12(2,3)18-11(17)15-5-7-16(8-6-15)14-10-13-4-9-19-10/h4,9H,5-8H2,1-3H3,(H,13,14). The van der Waals surface area contributed by atoms with E-state index in [4.69, 9.17) is 4.74 Å². The minimum absolute atomic E-state index is 0.235. The molecule has 0 unspecified atom stereocenters. The van der Waals surface area contributed by atoms with Crippen LogP contribution in [0.3, 0.4) is 0 Å². The minimum Gasteiger partial charge on any atom is -0.444 e. The first-order valence-electron chi connectivity index (χ1n) is 6.33. The van der Waals surface area contributed by atoms with Gasteiger partial charge in [0.05, 0.1) is 0 Å². The van der Waals surface area contributed by atoms with Gasteiger partial charge in [-0.25, -0.2) is 14.8 Å². The van der Waals surface area contributed by atoms with Gasteiger partial charge in [-0.15, -0.1) is 11.3 Å². The number of rotatable bonds is 2. The molecule has 0 aliphatic carbocycles. The Morgan fingerprint density at radius 3 is 2.58 bits per heavy atom. The number of carbonyl (C=O) groups is 1. The molecule has 2 heterocycles. The Balaban J connectivity index is 1.77. The fourth-order valence-electron chi connectivity index (χ4n) is 1.74. The first-order chi connectivity index (χ1) is 8.94. The van der Waals surface area contributed by atoms with Crippen molar-refractivity contribution in [3.8, 4) is 0 Å². The number of thiazole rings is 1. The van der Waals surface area contributed by atoms with Crippen molar-refractivity contribution in [2.45, 2.75) is 26.4 Å². The van der Waals surface area contributed by atoms with Crippen LogP contribution in [0.2, 0.25) is 0 Å². The molecular weight excluding hydrogens is 264 g/mol. The molecule has 1 aliphatic heterocycles. The number of anilines is 1. The maximum absolute atomic E-state index is 11.9. The molecule has 1 aromatic heterocycles. The fraction of sp³-hybridized carbons (Fsp3) is 0.667. The second-order valence-electron chi connectivity index (χ2n) is 5.40. The van der Waals surface area contributed by atoms with E-state index in [9.17, 15) is 4.79 Å². The molecule has 1 saturated heterocycles. The van der Waals surface area contributed by atoms with E-state index in [1.807, 2.05) is 26.2 Å². The van der Waals surface area contributed by atoms with Crippen molar-refractivity contribution in [2.24, 2.45) is 0 Å². The number of nitrogens with zero attached hydrogens (tertiary/aromatic N) is 3. The lowest BCUT2D eigenvalue weighted by atomic mass is 10.2. The Morgan fingerprint density at radius 2 is 2.05 bits per heavy atom. The lowest BCUT2D eigenvalue weighted by molar-refractivity contribution is 0.0163. The van der Waals surface area contributed by atoms with E-state index in [0.717, 1.165) is 18.2 Å². The fourth-order valence-corrected chi connectivity index (χ4v) is 2.30. The Bertz CT molecular complexity index is 408. The number of hydrazine groups is 1. The quantitative estimate of drug-likeness (QED) is 0.900. The second-order valence-corrected chi connectivity index (χ2v) is 6.30. The molecule has 1 fully saturated rings. The van der Waals surface area contributed by atoms with Gasteiger partial charge in [-0.3, -0.25) is 5.43 Å². The highest BCUT2D eigenvalue weighted by Gasteiger charge is 2.25. The summed E-state index contributed by atoms with van der Waals surface area (Å²) in [5.74, 6) is 0. The van der Waals surface area contributed by atoms with E-state index in [-0.39, 0.29) is 6.09 Å². The summed E-state index contributed by atoms with van der Waals surface area (Å²) in [5.41, 5.74) is 2.79. The average molecular weight is 284 g/mol. The molecule has 1 aromatic rings. The van der Waals surface area contributed by atoms with Gasteiger partial charge in [-0.2, -0.15) is 0 Å². The van der Waals surface area contributed by atoms with Gasteiger partial charge in [-0.05, 0) is 20.8 Å². The summed E-state index contributed by atoms with van der Waals surface area (Å²) in [6, 6.07) is 0. The number of amides is 1. The maximum Gasteiger partial charge on any atom is 0.410 e. The van der Waals surface area contributed by atoms with Crippen molar-refractivity contribution >= 4 is 22.6 Å². The molecular formula is C12H20N4O2S. The summed E-state index contributed by atoms with van der Waals surface area (Å²) in [6.07, 6.45) is 1.53. The summed E-state index contributed by atoms with van der Waals surface area (Å²) in [5, 5.41) is 4.88. The van der Waals surface area contributed by atoms with Gasteiger partial charge >= 0.3 is 6.09 Å². The highest BCUT2D eigenvalue weighted by Crippen LogP contribution is 2.14. The molecule has 0 spiro atoms. The third-order valence-electron chi connectivity index (χ3n) is 2.62. The molecule has 0 atom stereocenters. The number of hydrogen-bond donors (Lipinski definition) is 1. The third-order valence-corrected chi connectivity index (χ3v) is 3.30. The van der Waals surface area contributed by atoms with Crippen LogP contribution >= 0.6 is 11.3 Å². The lowest BCUT2D eigenvalue weighted by Gasteiger charge is -2.35. The number of hydrogen-bond acceptors (Lipinski definition) is 6. The number of nitrogens with one attached hydrogen (secondary N) is 1. The molecule has 19 heavy (non-hydrogen) atoms. The number of aromatic nitrogens is 1. The van der Waals surface area contributed by atoms with Crippen LogP contribution in [0.5, 0.6) is 0 Å². The normalized spacial score (nSPS) is 17.3. The van der Waals surface area contributed by atoms with Crippen LogP contribution < -0.4 is 5.43 Å². The zero-order valence-corrected chi connectivity index (χ0v) is 12.4. The predicted octanol–water partition coefficient (Wildman–Crippen LogP) is 2.02. The lowest BCUT2D eigenvalue weighted by Crippen LogP contribution is -2.51. The van der Waals surface area contributed by atoms with Crippen molar-refractivity contribution < 1.29 is 9.53 Å².